The molecule has 0 bridgehead atoms. The van der Waals surface area contributed by atoms with Gasteiger partial charge in [-0.05, 0) is 18.2 Å². The molecule has 0 aliphatic rings. The van der Waals surface area contributed by atoms with E-state index in [9.17, 15) is 5.11 Å². The van der Waals surface area contributed by atoms with E-state index in [-0.39, 0.29) is 11.6 Å². The van der Waals surface area contributed by atoms with Gasteiger partial charge in [-0.1, -0.05) is 23.4 Å². The molecule has 1 nitrogen and oxygen atoms in total. The molecule has 1 rings (SSSR count). The average molecular weight is 201 g/mol. The van der Waals surface area contributed by atoms with Crippen LogP contribution in [0, 0.1) is 11.8 Å². The molecule has 0 amide bonds. The molecule has 12 heavy (non-hydrogen) atoms. The van der Waals surface area contributed by atoms with Gasteiger partial charge in [0.05, 0.1) is 11.4 Å². The zero-order valence-electron chi connectivity index (χ0n) is 6.14. The summed E-state index contributed by atoms with van der Waals surface area (Å²) < 4.78 is 0. The average Bonchev–Trinajstić information content (AvgIpc) is 2.07. The first-order valence-electron chi connectivity index (χ1n) is 3.27. The Morgan fingerprint density at radius 1 is 1.42 bits per heavy atom. The van der Waals surface area contributed by atoms with Gasteiger partial charge >= 0.3 is 0 Å². The summed E-state index contributed by atoms with van der Waals surface area (Å²) in [5.41, 5.74) is 0.503. The summed E-state index contributed by atoms with van der Waals surface area (Å²) in [6.45, 7) is 0. The van der Waals surface area contributed by atoms with Crippen molar-refractivity contribution in [3.05, 3.63) is 28.8 Å². The molecule has 0 radical (unpaired) electrons. The molecule has 0 saturated heterocycles. The maximum absolute atomic E-state index is 9.26. The minimum atomic E-state index is 0.122. The number of rotatable bonds is 0. The van der Waals surface area contributed by atoms with Crippen LogP contribution >= 0.6 is 23.2 Å². The quantitative estimate of drug-likeness (QED) is 0.505. The summed E-state index contributed by atoms with van der Waals surface area (Å²) in [5.74, 6) is 5.68. The second kappa shape index (κ2) is 4.25. The smallest absolute Gasteiger partial charge is 0.131 e. The third-order valence-electron chi connectivity index (χ3n) is 1.25. The van der Waals surface area contributed by atoms with Crippen LogP contribution in [0.5, 0.6) is 5.75 Å². The van der Waals surface area contributed by atoms with Gasteiger partial charge in [-0.3, -0.25) is 0 Å². The minimum absolute atomic E-state index is 0.122. The lowest BCUT2D eigenvalue weighted by atomic mass is 10.2. The van der Waals surface area contributed by atoms with Crippen LogP contribution in [0.1, 0.15) is 5.56 Å². The van der Waals surface area contributed by atoms with E-state index in [0.29, 0.717) is 10.6 Å². The van der Waals surface area contributed by atoms with Gasteiger partial charge in [-0.15, -0.1) is 11.6 Å². The first-order chi connectivity index (χ1) is 5.74. The Balaban J connectivity index is 3.05. The number of phenols is 1. The van der Waals surface area contributed by atoms with Crippen molar-refractivity contribution in [1.29, 1.82) is 0 Å². The van der Waals surface area contributed by atoms with Crippen LogP contribution in [0.15, 0.2) is 18.2 Å². The zero-order valence-corrected chi connectivity index (χ0v) is 7.65. The van der Waals surface area contributed by atoms with Crippen molar-refractivity contribution in [3.63, 3.8) is 0 Å². The van der Waals surface area contributed by atoms with Crippen molar-refractivity contribution in [3.8, 4) is 17.6 Å². The molecule has 1 N–H and O–H groups in total. The number of benzene rings is 1. The number of phenolic OH excluding ortho intramolecular Hbond substituents is 1. The standard InChI is InChI=1S/C9H6Cl2O/c10-5-1-2-7-6-8(11)3-4-9(7)12/h3-4,6,12H,5H2. The molecular weight excluding hydrogens is 195 g/mol. The highest BCUT2D eigenvalue weighted by Gasteiger charge is 1.96. The number of alkyl halides is 1. The van der Waals surface area contributed by atoms with Gasteiger partial charge in [0.2, 0.25) is 0 Å². The maximum atomic E-state index is 9.26. The van der Waals surface area contributed by atoms with Crippen LogP contribution in [0.4, 0.5) is 0 Å². The molecule has 0 fully saturated rings. The first-order valence-corrected chi connectivity index (χ1v) is 4.18. The Morgan fingerprint density at radius 2 is 2.17 bits per heavy atom. The van der Waals surface area contributed by atoms with Gasteiger partial charge in [0, 0.05) is 5.02 Å². The molecule has 0 heterocycles. The van der Waals surface area contributed by atoms with Crippen LogP contribution in [0.3, 0.4) is 0 Å². The minimum Gasteiger partial charge on any atom is -0.507 e. The topological polar surface area (TPSA) is 20.2 Å². The largest absolute Gasteiger partial charge is 0.507 e. The highest BCUT2D eigenvalue weighted by molar-refractivity contribution is 6.30. The number of hydrogen-bond acceptors (Lipinski definition) is 1. The highest BCUT2D eigenvalue weighted by atomic mass is 35.5. The lowest BCUT2D eigenvalue weighted by Gasteiger charge is -1.95. The molecule has 0 aliphatic heterocycles. The van der Waals surface area contributed by atoms with Gasteiger partial charge < -0.3 is 5.11 Å². The summed E-state index contributed by atoms with van der Waals surface area (Å²) in [6, 6.07) is 4.69. The van der Waals surface area contributed by atoms with Crippen LogP contribution < -0.4 is 0 Å². The van der Waals surface area contributed by atoms with Gasteiger partial charge in [0.15, 0.2) is 0 Å². The second-order valence-corrected chi connectivity index (χ2v) is 2.80. The van der Waals surface area contributed by atoms with E-state index in [1.165, 1.54) is 6.07 Å². The SMILES string of the molecule is Oc1ccc(Cl)cc1C#CCCl. The molecule has 0 unspecified atom stereocenters. The van der Waals surface area contributed by atoms with Crippen LogP contribution in [-0.4, -0.2) is 11.0 Å². The third-order valence-corrected chi connectivity index (χ3v) is 1.62. The van der Waals surface area contributed by atoms with Crippen LogP contribution in [0.25, 0.3) is 0 Å². The predicted octanol–water partition coefficient (Wildman–Crippen LogP) is 2.64. The Hall–Kier alpha value is -0.840. The Bertz CT molecular complexity index is 336. The lowest BCUT2D eigenvalue weighted by molar-refractivity contribution is 0.473. The van der Waals surface area contributed by atoms with E-state index < -0.39 is 0 Å². The van der Waals surface area contributed by atoms with Crippen molar-refractivity contribution < 1.29 is 5.11 Å². The van der Waals surface area contributed by atoms with Gasteiger partial charge in [-0.25, -0.2) is 0 Å². The Morgan fingerprint density at radius 3 is 2.83 bits per heavy atom. The number of halogens is 2. The van der Waals surface area contributed by atoms with Gasteiger partial charge in [0.25, 0.3) is 0 Å². The first kappa shape index (κ1) is 9.25. The molecule has 1 aromatic carbocycles. The molecule has 0 aliphatic carbocycles. The van der Waals surface area contributed by atoms with E-state index in [0.717, 1.165) is 0 Å². The van der Waals surface area contributed by atoms with Crippen molar-refractivity contribution in [2.24, 2.45) is 0 Å². The Kier molecular flexibility index (Phi) is 3.28. The molecular formula is C9H6Cl2O. The van der Waals surface area contributed by atoms with Crippen molar-refractivity contribution in [1.82, 2.24) is 0 Å². The molecule has 0 saturated carbocycles. The Labute approximate surface area is 80.9 Å². The van der Waals surface area contributed by atoms with Crippen LogP contribution in [-0.2, 0) is 0 Å². The summed E-state index contributed by atoms with van der Waals surface area (Å²) in [7, 11) is 0. The summed E-state index contributed by atoms with van der Waals surface area (Å²) in [5, 5.41) is 9.81. The summed E-state index contributed by atoms with van der Waals surface area (Å²) in [4.78, 5) is 0. The highest BCUT2D eigenvalue weighted by Crippen LogP contribution is 2.19. The molecule has 3 heteroatoms. The summed E-state index contributed by atoms with van der Waals surface area (Å²) >= 11 is 11.0. The van der Waals surface area contributed by atoms with Crippen molar-refractivity contribution in [2.75, 3.05) is 5.88 Å². The monoisotopic (exact) mass is 200 g/mol. The van der Waals surface area contributed by atoms with Gasteiger partial charge in [-0.2, -0.15) is 0 Å². The van der Waals surface area contributed by atoms with Crippen molar-refractivity contribution in [2.45, 2.75) is 0 Å². The predicted molar refractivity (Wildman–Crippen MR) is 50.7 cm³/mol. The molecule has 0 aromatic heterocycles. The summed E-state index contributed by atoms with van der Waals surface area (Å²) in [6.07, 6.45) is 0. The molecule has 0 spiro atoms. The molecule has 0 atom stereocenters. The molecule has 1 aromatic rings. The number of aromatic hydroxyl groups is 1. The van der Waals surface area contributed by atoms with E-state index in [2.05, 4.69) is 11.8 Å². The number of hydrogen-bond donors (Lipinski definition) is 1. The molecule has 62 valence electrons. The third kappa shape index (κ3) is 2.34. The van der Waals surface area contributed by atoms with Crippen LogP contribution in [0.2, 0.25) is 5.02 Å². The second-order valence-electron chi connectivity index (χ2n) is 2.10. The van der Waals surface area contributed by atoms with Gasteiger partial charge in [0.1, 0.15) is 5.75 Å². The van der Waals surface area contributed by atoms with Crippen molar-refractivity contribution >= 4 is 23.2 Å². The normalized spacial score (nSPS) is 8.83. The zero-order chi connectivity index (χ0) is 8.97. The van der Waals surface area contributed by atoms with E-state index >= 15 is 0 Å². The van der Waals surface area contributed by atoms with E-state index in [1.807, 2.05) is 0 Å². The fourth-order valence-electron chi connectivity index (χ4n) is 0.737. The fraction of sp³-hybridized carbons (Fsp3) is 0.111. The maximum Gasteiger partial charge on any atom is 0.131 e. The van der Waals surface area contributed by atoms with E-state index in [4.69, 9.17) is 23.2 Å². The lowest BCUT2D eigenvalue weighted by Crippen LogP contribution is -1.76. The fourth-order valence-corrected chi connectivity index (χ4v) is 0.976. The van der Waals surface area contributed by atoms with E-state index in [1.54, 1.807) is 12.1 Å².